The average molecular weight is 293 g/mol. The molecule has 0 fully saturated rings. The molecule has 0 unspecified atom stereocenters. The third-order valence-corrected chi connectivity index (χ3v) is 2.93. The van der Waals surface area contributed by atoms with Gasteiger partial charge in [-0.2, -0.15) is 0 Å². The summed E-state index contributed by atoms with van der Waals surface area (Å²) in [5.74, 6) is 0.271. The molecule has 1 aromatic rings. The molecule has 0 saturated heterocycles. The van der Waals surface area contributed by atoms with Crippen molar-refractivity contribution in [3.63, 3.8) is 0 Å². The topological polar surface area (TPSA) is 61.9 Å². The lowest BCUT2D eigenvalue weighted by atomic mass is 10.2. The number of carbonyl (C=O) groups excluding carboxylic acids is 2. The minimum absolute atomic E-state index is 0.00404. The number of carbonyl (C=O) groups is 2. The molecule has 21 heavy (non-hydrogen) atoms. The molecule has 116 valence electrons. The number of benzene rings is 1. The van der Waals surface area contributed by atoms with Gasteiger partial charge in [0, 0.05) is 31.8 Å². The van der Waals surface area contributed by atoms with Crippen LogP contribution in [0.4, 0.5) is 5.69 Å². The van der Waals surface area contributed by atoms with Crippen LogP contribution in [0.1, 0.15) is 6.92 Å². The predicted octanol–water partition coefficient (Wildman–Crippen LogP) is 0.726. The van der Waals surface area contributed by atoms with Crippen LogP contribution in [-0.2, 0) is 9.59 Å². The summed E-state index contributed by atoms with van der Waals surface area (Å²) in [4.78, 5) is 27.1. The summed E-state index contributed by atoms with van der Waals surface area (Å²) in [6.07, 6.45) is 0. The van der Waals surface area contributed by atoms with Gasteiger partial charge in [-0.05, 0) is 26.2 Å². The van der Waals surface area contributed by atoms with Crippen LogP contribution in [-0.4, -0.2) is 57.6 Å². The van der Waals surface area contributed by atoms with Crippen LogP contribution < -0.4 is 15.0 Å². The van der Waals surface area contributed by atoms with E-state index in [0.717, 1.165) is 6.54 Å². The summed E-state index contributed by atoms with van der Waals surface area (Å²) in [6, 6.07) is 7.08. The van der Waals surface area contributed by atoms with E-state index in [9.17, 15) is 9.59 Å². The molecule has 0 radical (unpaired) electrons. The molecule has 2 amide bonds. The van der Waals surface area contributed by atoms with Gasteiger partial charge >= 0.3 is 0 Å². The fourth-order valence-electron chi connectivity index (χ4n) is 1.78. The predicted molar refractivity (Wildman–Crippen MR) is 82.6 cm³/mol. The number of likely N-dealkylation sites (N-methyl/N-ethyl adjacent to an activating group) is 1. The Hall–Kier alpha value is -2.08. The van der Waals surface area contributed by atoms with E-state index in [4.69, 9.17) is 4.74 Å². The van der Waals surface area contributed by atoms with E-state index in [1.807, 2.05) is 19.0 Å². The molecule has 1 N–H and O–H groups in total. The lowest BCUT2D eigenvalue weighted by Gasteiger charge is -2.21. The standard InChI is InChI=1S/C15H23N3O3/c1-12(19)18(11-15(20)16-8-9-17(2)3)13-6-5-7-14(10-13)21-4/h5-7,10H,8-9,11H2,1-4H3,(H,16,20). The zero-order valence-corrected chi connectivity index (χ0v) is 13.0. The van der Waals surface area contributed by atoms with Crippen molar-refractivity contribution < 1.29 is 14.3 Å². The molecule has 0 aliphatic rings. The first-order chi connectivity index (χ1) is 9.93. The number of hydrogen-bond donors (Lipinski definition) is 1. The maximum absolute atomic E-state index is 11.9. The van der Waals surface area contributed by atoms with Crippen molar-refractivity contribution in [2.75, 3.05) is 45.7 Å². The van der Waals surface area contributed by atoms with Gasteiger partial charge in [-0.15, -0.1) is 0 Å². The van der Waals surface area contributed by atoms with Crippen LogP contribution in [0, 0.1) is 0 Å². The molecule has 0 aromatic heterocycles. The van der Waals surface area contributed by atoms with Gasteiger partial charge in [-0.3, -0.25) is 9.59 Å². The summed E-state index contributed by atoms with van der Waals surface area (Å²) in [7, 11) is 5.43. The van der Waals surface area contributed by atoms with Crippen LogP contribution in [0.15, 0.2) is 24.3 Å². The lowest BCUT2D eigenvalue weighted by molar-refractivity contribution is -0.123. The SMILES string of the molecule is COc1cccc(N(CC(=O)NCCN(C)C)C(C)=O)c1. The molecular weight excluding hydrogens is 270 g/mol. The molecule has 0 bridgehead atoms. The van der Waals surface area contributed by atoms with Crippen molar-refractivity contribution in [1.29, 1.82) is 0 Å². The summed E-state index contributed by atoms with van der Waals surface area (Å²) >= 11 is 0. The quantitative estimate of drug-likeness (QED) is 0.805. The number of amides is 2. The second-order valence-corrected chi connectivity index (χ2v) is 4.96. The number of hydrogen-bond acceptors (Lipinski definition) is 4. The van der Waals surface area contributed by atoms with Gasteiger partial charge in [0.25, 0.3) is 0 Å². The maximum Gasteiger partial charge on any atom is 0.240 e. The Balaban J connectivity index is 2.69. The first-order valence-electron chi connectivity index (χ1n) is 6.77. The van der Waals surface area contributed by atoms with Crippen LogP contribution in [0.2, 0.25) is 0 Å². The highest BCUT2D eigenvalue weighted by Gasteiger charge is 2.16. The fraction of sp³-hybridized carbons (Fsp3) is 0.467. The zero-order chi connectivity index (χ0) is 15.8. The number of methoxy groups -OCH3 is 1. The monoisotopic (exact) mass is 293 g/mol. The first-order valence-corrected chi connectivity index (χ1v) is 6.77. The third kappa shape index (κ3) is 5.83. The van der Waals surface area contributed by atoms with Gasteiger partial charge in [0.2, 0.25) is 11.8 Å². The molecule has 1 rings (SSSR count). The molecule has 0 aliphatic carbocycles. The Bertz CT molecular complexity index is 489. The van der Waals surface area contributed by atoms with Crippen LogP contribution >= 0.6 is 0 Å². The van der Waals surface area contributed by atoms with Crippen molar-refractivity contribution in [3.05, 3.63) is 24.3 Å². The largest absolute Gasteiger partial charge is 0.497 e. The van der Waals surface area contributed by atoms with Crippen molar-refractivity contribution in [1.82, 2.24) is 10.2 Å². The van der Waals surface area contributed by atoms with E-state index in [1.165, 1.54) is 11.8 Å². The summed E-state index contributed by atoms with van der Waals surface area (Å²) < 4.78 is 5.14. The second kappa shape index (κ2) is 8.26. The highest BCUT2D eigenvalue weighted by Crippen LogP contribution is 2.20. The van der Waals surface area contributed by atoms with Crippen LogP contribution in [0.25, 0.3) is 0 Å². The van der Waals surface area contributed by atoms with Gasteiger partial charge in [0.1, 0.15) is 12.3 Å². The average Bonchev–Trinajstić information content (AvgIpc) is 2.44. The normalized spacial score (nSPS) is 10.3. The summed E-state index contributed by atoms with van der Waals surface area (Å²) in [5, 5.41) is 2.79. The molecule has 0 spiro atoms. The first kappa shape index (κ1) is 17.0. The maximum atomic E-state index is 11.9. The van der Waals surface area contributed by atoms with E-state index in [2.05, 4.69) is 5.32 Å². The summed E-state index contributed by atoms with van der Waals surface area (Å²) in [5.41, 5.74) is 0.643. The molecule has 1 aromatic carbocycles. The fourth-order valence-corrected chi connectivity index (χ4v) is 1.78. The van der Waals surface area contributed by atoms with Gasteiger partial charge in [0.15, 0.2) is 0 Å². The van der Waals surface area contributed by atoms with Crippen molar-refractivity contribution in [3.8, 4) is 5.75 Å². The minimum Gasteiger partial charge on any atom is -0.497 e. The van der Waals surface area contributed by atoms with Gasteiger partial charge in [0.05, 0.1) is 7.11 Å². The number of nitrogens with one attached hydrogen (secondary N) is 1. The van der Waals surface area contributed by atoms with Gasteiger partial charge < -0.3 is 19.9 Å². The van der Waals surface area contributed by atoms with Crippen LogP contribution in [0.5, 0.6) is 5.75 Å². The zero-order valence-electron chi connectivity index (χ0n) is 13.0. The third-order valence-electron chi connectivity index (χ3n) is 2.93. The van der Waals surface area contributed by atoms with E-state index < -0.39 is 0 Å². The number of nitrogens with zero attached hydrogens (tertiary/aromatic N) is 2. The van der Waals surface area contributed by atoms with E-state index in [0.29, 0.717) is 18.0 Å². The highest BCUT2D eigenvalue weighted by atomic mass is 16.5. The van der Waals surface area contributed by atoms with Crippen molar-refractivity contribution in [2.45, 2.75) is 6.92 Å². The number of ether oxygens (including phenoxy) is 1. The van der Waals surface area contributed by atoms with Crippen molar-refractivity contribution >= 4 is 17.5 Å². The molecule has 0 atom stereocenters. The molecular formula is C15H23N3O3. The lowest BCUT2D eigenvalue weighted by Crippen LogP contribution is -2.41. The number of anilines is 1. The Morgan fingerprint density at radius 2 is 2.00 bits per heavy atom. The molecule has 6 nitrogen and oxygen atoms in total. The van der Waals surface area contributed by atoms with Gasteiger partial charge in [-0.1, -0.05) is 6.07 Å². The molecule has 6 heteroatoms. The Kier molecular flexibility index (Phi) is 6.68. The Morgan fingerprint density at radius 3 is 2.57 bits per heavy atom. The molecule has 0 saturated carbocycles. The van der Waals surface area contributed by atoms with Crippen LogP contribution in [0.3, 0.4) is 0 Å². The van der Waals surface area contributed by atoms with Gasteiger partial charge in [-0.25, -0.2) is 0 Å². The Labute approximate surface area is 125 Å². The Morgan fingerprint density at radius 1 is 1.29 bits per heavy atom. The smallest absolute Gasteiger partial charge is 0.240 e. The highest BCUT2D eigenvalue weighted by molar-refractivity contribution is 5.97. The minimum atomic E-state index is -0.189. The van der Waals surface area contributed by atoms with E-state index in [1.54, 1.807) is 31.4 Å². The summed E-state index contributed by atoms with van der Waals surface area (Å²) in [6.45, 7) is 2.74. The number of rotatable bonds is 7. The molecule has 0 heterocycles. The second-order valence-electron chi connectivity index (χ2n) is 4.96. The van der Waals surface area contributed by atoms with E-state index >= 15 is 0 Å². The van der Waals surface area contributed by atoms with Crippen molar-refractivity contribution in [2.24, 2.45) is 0 Å². The van der Waals surface area contributed by atoms with E-state index in [-0.39, 0.29) is 18.4 Å². The molecule has 0 aliphatic heterocycles.